The largest absolute Gasteiger partial charge is 0.494 e. The number of aryl methyl sites for hydroxylation is 1. The lowest BCUT2D eigenvalue weighted by Gasteiger charge is -2.23. The molecule has 146 valence electrons. The second kappa shape index (κ2) is 10.6. The van der Waals surface area contributed by atoms with Crippen LogP contribution >= 0.6 is 0 Å². The summed E-state index contributed by atoms with van der Waals surface area (Å²) in [6.07, 6.45) is 3.44. The number of hydrogen-bond donors (Lipinski definition) is 3. The van der Waals surface area contributed by atoms with Gasteiger partial charge in [0.05, 0.1) is 12.2 Å². The summed E-state index contributed by atoms with van der Waals surface area (Å²) in [7, 11) is 0. The van der Waals surface area contributed by atoms with Crippen molar-refractivity contribution in [3.8, 4) is 5.75 Å². The van der Waals surface area contributed by atoms with Crippen LogP contribution in [0.25, 0.3) is 0 Å². The Hall–Kier alpha value is -2.53. The zero-order valence-corrected chi connectivity index (χ0v) is 16.2. The van der Waals surface area contributed by atoms with Crippen LogP contribution < -0.4 is 15.4 Å². The van der Waals surface area contributed by atoms with Crippen LogP contribution in [0.2, 0.25) is 0 Å². The van der Waals surface area contributed by atoms with Crippen molar-refractivity contribution >= 4 is 11.7 Å². The number of carbonyl (C=O) groups is 1. The zero-order chi connectivity index (χ0) is 19.5. The Kier molecular flexibility index (Phi) is 8.14. The first-order chi connectivity index (χ1) is 13.0. The Labute approximate surface area is 161 Å². The summed E-state index contributed by atoms with van der Waals surface area (Å²) >= 11 is 0. The van der Waals surface area contributed by atoms with Crippen molar-refractivity contribution in [1.82, 2.24) is 5.32 Å². The van der Waals surface area contributed by atoms with Crippen LogP contribution in [0, 0.1) is 0 Å². The first-order valence-electron chi connectivity index (χ1n) is 9.52. The van der Waals surface area contributed by atoms with E-state index in [1.807, 2.05) is 42.5 Å². The van der Waals surface area contributed by atoms with E-state index < -0.39 is 5.60 Å². The van der Waals surface area contributed by atoms with Crippen LogP contribution in [-0.2, 0) is 6.42 Å². The van der Waals surface area contributed by atoms with Gasteiger partial charge in [0.15, 0.2) is 0 Å². The number of anilines is 1. The van der Waals surface area contributed by atoms with Gasteiger partial charge < -0.3 is 20.5 Å². The number of carbonyl (C=O) groups excluding carboxylic acids is 1. The molecule has 27 heavy (non-hydrogen) atoms. The number of rotatable bonds is 10. The van der Waals surface area contributed by atoms with Crippen molar-refractivity contribution in [1.29, 1.82) is 0 Å². The van der Waals surface area contributed by atoms with Gasteiger partial charge in [-0.05, 0) is 56.0 Å². The van der Waals surface area contributed by atoms with E-state index in [9.17, 15) is 9.90 Å². The first-order valence-corrected chi connectivity index (χ1v) is 9.52. The molecule has 5 heteroatoms. The SMILES string of the molecule is CCCCOc1ccc(NC(=O)NC[C@@](C)(O)CCc2ccccc2)cc1. The van der Waals surface area contributed by atoms with Gasteiger partial charge in [0, 0.05) is 12.2 Å². The molecule has 0 saturated heterocycles. The third-order valence-corrected chi connectivity index (χ3v) is 4.30. The number of aliphatic hydroxyl groups is 1. The molecule has 0 bridgehead atoms. The van der Waals surface area contributed by atoms with Crippen LogP contribution in [0.1, 0.15) is 38.7 Å². The zero-order valence-electron chi connectivity index (χ0n) is 16.2. The van der Waals surface area contributed by atoms with Crippen LogP contribution in [0.15, 0.2) is 54.6 Å². The van der Waals surface area contributed by atoms with Crippen molar-refractivity contribution in [2.24, 2.45) is 0 Å². The van der Waals surface area contributed by atoms with Gasteiger partial charge in [0.2, 0.25) is 0 Å². The van der Waals surface area contributed by atoms with Gasteiger partial charge >= 0.3 is 6.03 Å². The van der Waals surface area contributed by atoms with Gasteiger partial charge in [0.25, 0.3) is 0 Å². The van der Waals surface area contributed by atoms with Gasteiger partial charge in [-0.25, -0.2) is 4.79 Å². The standard InChI is InChI=1S/C22H30N2O3/c1-3-4-16-27-20-12-10-19(11-13-20)24-21(25)23-17-22(2,26)15-14-18-8-6-5-7-9-18/h5-13,26H,3-4,14-17H2,1-2H3,(H2,23,24,25)/t22-/m0/s1. The fourth-order valence-corrected chi connectivity index (χ4v) is 2.56. The van der Waals surface area contributed by atoms with Crippen molar-refractivity contribution < 1.29 is 14.6 Å². The lowest BCUT2D eigenvalue weighted by atomic mass is 9.97. The first kappa shape index (κ1) is 20.8. The monoisotopic (exact) mass is 370 g/mol. The van der Waals surface area contributed by atoms with E-state index in [1.165, 1.54) is 5.56 Å². The lowest BCUT2D eigenvalue weighted by molar-refractivity contribution is 0.0539. The van der Waals surface area contributed by atoms with Crippen molar-refractivity contribution in [2.45, 2.75) is 45.1 Å². The Balaban J connectivity index is 1.72. The van der Waals surface area contributed by atoms with E-state index in [4.69, 9.17) is 4.74 Å². The predicted octanol–water partition coefficient (Wildman–Crippen LogP) is 4.37. The minimum atomic E-state index is -0.968. The molecule has 0 spiro atoms. The van der Waals surface area contributed by atoms with E-state index in [1.54, 1.807) is 19.1 Å². The van der Waals surface area contributed by atoms with E-state index >= 15 is 0 Å². The van der Waals surface area contributed by atoms with Crippen molar-refractivity contribution in [2.75, 3.05) is 18.5 Å². The van der Waals surface area contributed by atoms with Crippen molar-refractivity contribution in [3.05, 3.63) is 60.2 Å². The minimum absolute atomic E-state index is 0.184. The molecule has 0 aromatic heterocycles. The highest BCUT2D eigenvalue weighted by Gasteiger charge is 2.21. The maximum atomic E-state index is 12.1. The van der Waals surface area contributed by atoms with Crippen LogP contribution in [0.4, 0.5) is 10.5 Å². The molecule has 1 atom stereocenters. The van der Waals surface area contributed by atoms with E-state index in [0.717, 1.165) is 25.0 Å². The molecule has 2 aromatic carbocycles. The average Bonchev–Trinajstić information content (AvgIpc) is 2.67. The maximum Gasteiger partial charge on any atom is 0.319 e. The summed E-state index contributed by atoms with van der Waals surface area (Å²) in [4.78, 5) is 12.1. The van der Waals surface area contributed by atoms with Crippen LogP contribution in [-0.4, -0.2) is 29.9 Å². The summed E-state index contributed by atoms with van der Waals surface area (Å²) in [6.45, 7) is 4.73. The molecule has 0 aliphatic heterocycles. The molecule has 0 unspecified atom stereocenters. The van der Waals surface area contributed by atoms with Crippen molar-refractivity contribution in [3.63, 3.8) is 0 Å². The number of unbranched alkanes of at least 4 members (excludes halogenated alkanes) is 1. The highest BCUT2D eigenvalue weighted by atomic mass is 16.5. The molecule has 0 saturated carbocycles. The third-order valence-electron chi connectivity index (χ3n) is 4.30. The average molecular weight is 370 g/mol. The molecule has 0 aliphatic carbocycles. The number of nitrogens with one attached hydrogen (secondary N) is 2. The third kappa shape index (κ3) is 8.13. The molecule has 5 nitrogen and oxygen atoms in total. The molecule has 2 aromatic rings. The molecular weight excluding hydrogens is 340 g/mol. The van der Waals surface area contributed by atoms with Gasteiger partial charge in [-0.15, -0.1) is 0 Å². The molecule has 2 amide bonds. The molecule has 2 rings (SSSR count). The van der Waals surface area contributed by atoms with E-state index in [0.29, 0.717) is 18.7 Å². The van der Waals surface area contributed by atoms with Gasteiger partial charge in [-0.2, -0.15) is 0 Å². The predicted molar refractivity (Wildman–Crippen MR) is 109 cm³/mol. The fourth-order valence-electron chi connectivity index (χ4n) is 2.56. The highest BCUT2D eigenvalue weighted by molar-refractivity contribution is 5.89. The number of benzene rings is 2. The summed E-state index contributed by atoms with van der Waals surface area (Å²) < 4.78 is 5.60. The normalized spacial score (nSPS) is 12.9. The Morgan fingerprint density at radius 3 is 2.48 bits per heavy atom. The quantitative estimate of drug-likeness (QED) is 0.544. The Bertz CT molecular complexity index is 684. The number of amides is 2. The molecule has 0 heterocycles. The molecule has 0 aliphatic rings. The molecular formula is C22H30N2O3. The second-order valence-corrected chi connectivity index (χ2v) is 7.02. The number of hydrogen-bond acceptors (Lipinski definition) is 3. The van der Waals surface area contributed by atoms with Gasteiger partial charge in [0.1, 0.15) is 5.75 Å². The van der Waals surface area contributed by atoms with E-state index in [-0.39, 0.29) is 12.6 Å². The minimum Gasteiger partial charge on any atom is -0.494 e. The molecule has 0 radical (unpaired) electrons. The Morgan fingerprint density at radius 2 is 1.81 bits per heavy atom. The van der Waals surface area contributed by atoms with Crippen LogP contribution in [0.5, 0.6) is 5.75 Å². The number of ether oxygens (including phenoxy) is 1. The topological polar surface area (TPSA) is 70.6 Å². The van der Waals surface area contributed by atoms with Crippen LogP contribution in [0.3, 0.4) is 0 Å². The summed E-state index contributed by atoms with van der Waals surface area (Å²) in [6, 6.07) is 16.9. The molecule has 3 N–H and O–H groups in total. The second-order valence-electron chi connectivity index (χ2n) is 7.02. The fraction of sp³-hybridized carbons (Fsp3) is 0.409. The smallest absolute Gasteiger partial charge is 0.319 e. The molecule has 0 fully saturated rings. The summed E-state index contributed by atoms with van der Waals surface area (Å²) in [5.74, 6) is 0.790. The van der Waals surface area contributed by atoms with E-state index in [2.05, 4.69) is 17.6 Å². The maximum absolute atomic E-state index is 12.1. The summed E-state index contributed by atoms with van der Waals surface area (Å²) in [5.41, 5.74) is 0.882. The highest BCUT2D eigenvalue weighted by Crippen LogP contribution is 2.16. The number of urea groups is 1. The Morgan fingerprint density at radius 1 is 1.11 bits per heavy atom. The summed E-state index contributed by atoms with van der Waals surface area (Å²) in [5, 5.41) is 16.0. The van der Waals surface area contributed by atoms with Gasteiger partial charge in [-0.1, -0.05) is 43.7 Å². The van der Waals surface area contributed by atoms with Gasteiger partial charge in [-0.3, -0.25) is 0 Å². The lowest BCUT2D eigenvalue weighted by Crippen LogP contribution is -2.42.